The van der Waals surface area contributed by atoms with Crippen molar-refractivity contribution in [3.8, 4) is 0 Å². The molecule has 7 nitrogen and oxygen atoms in total. The molecule has 106 valence electrons. The van der Waals surface area contributed by atoms with Gasteiger partial charge in [-0.05, 0) is 18.2 Å². The fourth-order valence-corrected chi connectivity index (χ4v) is 2.19. The number of aromatic nitrogens is 3. The number of halogens is 1. The minimum atomic E-state index is -0.484. The molecule has 2 aromatic heterocycles. The van der Waals surface area contributed by atoms with Crippen molar-refractivity contribution in [2.45, 2.75) is 6.54 Å². The first-order valence-electron chi connectivity index (χ1n) is 6.11. The van der Waals surface area contributed by atoms with Gasteiger partial charge in [-0.1, -0.05) is 17.7 Å². The van der Waals surface area contributed by atoms with Crippen molar-refractivity contribution in [3.63, 3.8) is 0 Å². The number of nitro groups is 1. The molecule has 0 aliphatic rings. The Morgan fingerprint density at radius 3 is 2.90 bits per heavy atom. The molecule has 21 heavy (non-hydrogen) atoms. The maximum Gasteiger partial charge on any atom is 0.271 e. The number of benzene rings is 1. The van der Waals surface area contributed by atoms with Gasteiger partial charge in [-0.15, -0.1) is 10.2 Å². The standard InChI is InChI=1S/C13H10ClN5O2/c14-10-7-9(19(20)21)4-5-11(10)15-8-13-17-16-12-3-1-2-6-18(12)13/h1-7,15H,8H2. The van der Waals surface area contributed by atoms with E-state index in [0.717, 1.165) is 11.5 Å². The number of anilines is 1. The van der Waals surface area contributed by atoms with E-state index in [9.17, 15) is 10.1 Å². The van der Waals surface area contributed by atoms with Crippen LogP contribution in [0.2, 0.25) is 5.02 Å². The van der Waals surface area contributed by atoms with Crippen LogP contribution in [0.25, 0.3) is 5.65 Å². The van der Waals surface area contributed by atoms with Crippen LogP contribution in [-0.2, 0) is 6.54 Å². The predicted octanol–water partition coefficient (Wildman–Crippen LogP) is 2.90. The molecule has 0 amide bonds. The molecule has 8 heteroatoms. The zero-order valence-corrected chi connectivity index (χ0v) is 11.5. The highest BCUT2D eigenvalue weighted by atomic mass is 35.5. The molecule has 0 atom stereocenters. The molecule has 0 aliphatic carbocycles. The van der Waals surface area contributed by atoms with Crippen molar-refractivity contribution in [1.82, 2.24) is 14.6 Å². The summed E-state index contributed by atoms with van der Waals surface area (Å²) in [4.78, 5) is 10.2. The minimum absolute atomic E-state index is 0.0431. The van der Waals surface area contributed by atoms with Crippen LogP contribution >= 0.6 is 11.6 Å². The second kappa shape index (κ2) is 5.37. The third-order valence-electron chi connectivity index (χ3n) is 2.98. The Bertz CT molecular complexity index is 817. The Kier molecular flexibility index (Phi) is 3.41. The normalized spacial score (nSPS) is 10.7. The molecular formula is C13H10ClN5O2. The molecule has 0 saturated heterocycles. The van der Waals surface area contributed by atoms with E-state index in [-0.39, 0.29) is 10.7 Å². The molecule has 0 spiro atoms. The number of nitrogens with zero attached hydrogens (tertiary/aromatic N) is 4. The Labute approximate surface area is 124 Å². The zero-order chi connectivity index (χ0) is 14.8. The lowest BCUT2D eigenvalue weighted by Gasteiger charge is -2.07. The molecule has 3 aromatic rings. The topological polar surface area (TPSA) is 85.4 Å². The number of hydrogen-bond donors (Lipinski definition) is 1. The van der Waals surface area contributed by atoms with Crippen LogP contribution in [-0.4, -0.2) is 19.5 Å². The Hall–Kier alpha value is -2.67. The van der Waals surface area contributed by atoms with Crippen LogP contribution < -0.4 is 5.32 Å². The van der Waals surface area contributed by atoms with Crippen LogP contribution in [0.4, 0.5) is 11.4 Å². The molecule has 2 heterocycles. The summed E-state index contributed by atoms with van der Waals surface area (Å²) in [6, 6.07) is 9.91. The summed E-state index contributed by atoms with van der Waals surface area (Å²) in [6.07, 6.45) is 1.86. The van der Waals surface area contributed by atoms with Gasteiger partial charge in [0.1, 0.15) is 0 Å². The van der Waals surface area contributed by atoms with Gasteiger partial charge in [0, 0.05) is 18.3 Å². The van der Waals surface area contributed by atoms with E-state index < -0.39 is 4.92 Å². The summed E-state index contributed by atoms with van der Waals surface area (Å²) in [5.74, 6) is 0.722. The summed E-state index contributed by atoms with van der Waals surface area (Å²) in [5, 5.41) is 22.2. The fraction of sp³-hybridized carbons (Fsp3) is 0.0769. The number of nitro benzene ring substituents is 1. The fourth-order valence-electron chi connectivity index (χ4n) is 1.95. The van der Waals surface area contributed by atoms with Gasteiger partial charge in [0.25, 0.3) is 5.69 Å². The number of nitrogens with one attached hydrogen (secondary N) is 1. The third-order valence-corrected chi connectivity index (χ3v) is 3.30. The van der Waals surface area contributed by atoms with E-state index in [0.29, 0.717) is 12.2 Å². The van der Waals surface area contributed by atoms with Crippen molar-refractivity contribution < 1.29 is 4.92 Å². The van der Waals surface area contributed by atoms with Crippen molar-refractivity contribution in [2.75, 3.05) is 5.32 Å². The van der Waals surface area contributed by atoms with E-state index >= 15 is 0 Å². The van der Waals surface area contributed by atoms with Crippen LogP contribution in [0.5, 0.6) is 0 Å². The molecule has 0 radical (unpaired) electrons. The summed E-state index contributed by atoms with van der Waals surface area (Å²) in [5.41, 5.74) is 1.32. The van der Waals surface area contributed by atoms with Gasteiger partial charge in [0.2, 0.25) is 0 Å². The number of non-ortho nitro benzene ring substituents is 1. The number of fused-ring (bicyclic) bond motifs is 1. The van der Waals surface area contributed by atoms with Crippen LogP contribution in [0.3, 0.4) is 0 Å². The zero-order valence-electron chi connectivity index (χ0n) is 10.7. The monoisotopic (exact) mass is 303 g/mol. The van der Waals surface area contributed by atoms with Crippen molar-refractivity contribution >= 4 is 28.6 Å². The van der Waals surface area contributed by atoms with Crippen molar-refractivity contribution in [3.05, 3.63) is 63.6 Å². The van der Waals surface area contributed by atoms with Gasteiger partial charge in [0.05, 0.1) is 22.2 Å². The highest BCUT2D eigenvalue weighted by molar-refractivity contribution is 6.33. The van der Waals surface area contributed by atoms with Crippen LogP contribution in [0, 0.1) is 10.1 Å². The molecule has 0 aliphatic heterocycles. The second-order valence-electron chi connectivity index (χ2n) is 4.32. The number of hydrogen-bond acceptors (Lipinski definition) is 5. The highest BCUT2D eigenvalue weighted by Gasteiger charge is 2.10. The van der Waals surface area contributed by atoms with E-state index in [1.807, 2.05) is 28.8 Å². The summed E-state index contributed by atoms with van der Waals surface area (Å²) in [7, 11) is 0. The van der Waals surface area contributed by atoms with E-state index in [1.165, 1.54) is 12.1 Å². The smallest absolute Gasteiger partial charge is 0.271 e. The summed E-state index contributed by atoms with van der Waals surface area (Å²) in [6.45, 7) is 0.405. The first-order valence-corrected chi connectivity index (χ1v) is 6.49. The van der Waals surface area contributed by atoms with Gasteiger partial charge in [-0.2, -0.15) is 0 Å². The van der Waals surface area contributed by atoms with Crippen molar-refractivity contribution in [2.24, 2.45) is 0 Å². The summed E-state index contributed by atoms with van der Waals surface area (Å²) < 4.78 is 1.85. The SMILES string of the molecule is O=[N+]([O-])c1ccc(NCc2nnc3ccccn23)c(Cl)c1. The maximum absolute atomic E-state index is 10.7. The average molecular weight is 304 g/mol. The van der Waals surface area contributed by atoms with Gasteiger partial charge in [-0.25, -0.2) is 0 Å². The Morgan fingerprint density at radius 1 is 1.29 bits per heavy atom. The molecule has 0 fully saturated rings. The van der Waals surface area contributed by atoms with E-state index in [2.05, 4.69) is 15.5 Å². The second-order valence-corrected chi connectivity index (χ2v) is 4.73. The Balaban J connectivity index is 1.80. The highest BCUT2D eigenvalue weighted by Crippen LogP contribution is 2.26. The van der Waals surface area contributed by atoms with Gasteiger partial charge in [0.15, 0.2) is 11.5 Å². The first-order chi connectivity index (χ1) is 10.1. The van der Waals surface area contributed by atoms with Crippen molar-refractivity contribution in [1.29, 1.82) is 0 Å². The lowest BCUT2D eigenvalue weighted by atomic mass is 10.3. The first kappa shape index (κ1) is 13.3. The van der Waals surface area contributed by atoms with Gasteiger partial charge >= 0.3 is 0 Å². The predicted molar refractivity (Wildman–Crippen MR) is 78.4 cm³/mol. The van der Waals surface area contributed by atoms with Gasteiger partial charge in [-0.3, -0.25) is 14.5 Å². The minimum Gasteiger partial charge on any atom is -0.377 e. The van der Waals surface area contributed by atoms with E-state index in [4.69, 9.17) is 11.6 Å². The molecule has 3 rings (SSSR count). The third kappa shape index (κ3) is 2.63. The number of pyridine rings is 1. The lowest BCUT2D eigenvalue weighted by molar-refractivity contribution is -0.384. The lowest BCUT2D eigenvalue weighted by Crippen LogP contribution is -2.04. The largest absolute Gasteiger partial charge is 0.377 e. The maximum atomic E-state index is 10.7. The van der Waals surface area contributed by atoms with Gasteiger partial charge < -0.3 is 5.32 Å². The molecule has 0 bridgehead atoms. The quantitative estimate of drug-likeness (QED) is 0.591. The molecule has 1 N–H and O–H groups in total. The number of rotatable bonds is 4. The van der Waals surface area contributed by atoms with E-state index in [1.54, 1.807) is 6.07 Å². The molecule has 1 aromatic carbocycles. The summed E-state index contributed by atoms with van der Waals surface area (Å²) >= 11 is 6.02. The van der Waals surface area contributed by atoms with Crippen LogP contribution in [0.1, 0.15) is 5.82 Å². The Morgan fingerprint density at radius 2 is 2.14 bits per heavy atom. The average Bonchev–Trinajstić information content (AvgIpc) is 2.89. The molecule has 0 saturated carbocycles. The molecule has 0 unspecified atom stereocenters. The molecular weight excluding hydrogens is 294 g/mol. The van der Waals surface area contributed by atoms with Crippen LogP contribution in [0.15, 0.2) is 42.6 Å².